The predicted molar refractivity (Wildman–Crippen MR) is 86.7 cm³/mol. The molecule has 0 saturated heterocycles. The van der Waals surface area contributed by atoms with Gasteiger partial charge in [-0.25, -0.2) is 9.79 Å². The van der Waals surface area contributed by atoms with E-state index in [1.807, 2.05) is 6.07 Å². The van der Waals surface area contributed by atoms with Crippen molar-refractivity contribution in [1.29, 1.82) is 0 Å². The fraction of sp³-hybridized carbons (Fsp3) is 0.0588. The first-order valence-electron chi connectivity index (χ1n) is 6.98. The van der Waals surface area contributed by atoms with Gasteiger partial charge in [0.25, 0.3) is 5.69 Å². The number of nitro benzene ring substituents is 1. The van der Waals surface area contributed by atoms with Crippen LogP contribution in [0.25, 0.3) is 6.08 Å². The smallest absolute Gasteiger partial charge is 0.363 e. The second-order valence-electron chi connectivity index (χ2n) is 4.92. The first-order valence-corrected chi connectivity index (χ1v) is 6.98. The maximum Gasteiger partial charge on any atom is 0.363 e. The number of hydrogen-bond acceptors (Lipinski definition) is 6. The number of benzene rings is 2. The molecule has 1 aliphatic rings. The van der Waals surface area contributed by atoms with E-state index < -0.39 is 10.9 Å². The number of nitro groups is 1. The number of esters is 1. The van der Waals surface area contributed by atoms with E-state index in [0.717, 1.165) is 5.56 Å². The van der Waals surface area contributed by atoms with Crippen LogP contribution in [0.1, 0.15) is 11.1 Å². The van der Waals surface area contributed by atoms with E-state index in [0.29, 0.717) is 11.3 Å². The Kier molecular flexibility index (Phi) is 4.07. The first-order chi connectivity index (χ1) is 11.6. The Hall–Kier alpha value is -3.48. The predicted octanol–water partition coefficient (Wildman–Crippen LogP) is 2.95. The van der Waals surface area contributed by atoms with Crippen LogP contribution in [0.3, 0.4) is 0 Å². The van der Waals surface area contributed by atoms with E-state index >= 15 is 0 Å². The summed E-state index contributed by atoms with van der Waals surface area (Å²) in [5, 5.41) is 10.7. The minimum Gasteiger partial charge on any atom is -0.497 e. The van der Waals surface area contributed by atoms with Crippen LogP contribution in [0.4, 0.5) is 5.69 Å². The van der Waals surface area contributed by atoms with Gasteiger partial charge in [0.2, 0.25) is 5.90 Å². The van der Waals surface area contributed by atoms with E-state index in [9.17, 15) is 14.9 Å². The monoisotopic (exact) mass is 324 g/mol. The molecule has 7 nitrogen and oxygen atoms in total. The van der Waals surface area contributed by atoms with Crippen LogP contribution in [-0.4, -0.2) is 23.9 Å². The summed E-state index contributed by atoms with van der Waals surface area (Å²) < 4.78 is 10.3. The molecule has 120 valence electrons. The van der Waals surface area contributed by atoms with Gasteiger partial charge in [-0.1, -0.05) is 12.1 Å². The van der Waals surface area contributed by atoms with Gasteiger partial charge in [-0.15, -0.1) is 0 Å². The Bertz CT molecular complexity index is 869. The maximum atomic E-state index is 11.9. The van der Waals surface area contributed by atoms with Crippen molar-refractivity contribution in [3.05, 3.63) is 75.5 Å². The van der Waals surface area contributed by atoms with E-state index in [1.54, 1.807) is 31.4 Å². The molecular formula is C17H12N2O5. The minimum atomic E-state index is -0.578. The highest BCUT2D eigenvalue weighted by atomic mass is 16.6. The van der Waals surface area contributed by atoms with Crippen molar-refractivity contribution < 1.29 is 19.2 Å². The highest BCUT2D eigenvalue weighted by Crippen LogP contribution is 2.22. The molecule has 1 heterocycles. The van der Waals surface area contributed by atoms with Gasteiger partial charge in [-0.3, -0.25) is 10.1 Å². The summed E-state index contributed by atoms with van der Waals surface area (Å²) in [4.78, 5) is 26.3. The zero-order valence-electron chi connectivity index (χ0n) is 12.6. The van der Waals surface area contributed by atoms with Crippen molar-refractivity contribution in [3.63, 3.8) is 0 Å². The third-order valence-corrected chi connectivity index (χ3v) is 3.34. The number of hydrogen-bond donors (Lipinski definition) is 0. The lowest BCUT2D eigenvalue weighted by molar-refractivity contribution is -0.384. The van der Waals surface area contributed by atoms with Gasteiger partial charge in [-0.05, 0) is 35.9 Å². The molecule has 1 aliphatic heterocycles. The lowest BCUT2D eigenvalue weighted by Gasteiger charge is -2.00. The molecule has 7 heteroatoms. The molecule has 3 rings (SSSR count). The average Bonchev–Trinajstić information content (AvgIpc) is 2.96. The van der Waals surface area contributed by atoms with Crippen LogP contribution < -0.4 is 4.74 Å². The molecule has 0 amide bonds. The van der Waals surface area contributed by atoms with Gasteiger partial charge >= 0.3 is 5.97 Å². The van der Waals surface area contributed by atoms with Crippen LogP contribution >= 0.6 is 0 Å². The van der Waals surface area contributed by atoms with Gasteiger partial charge in [-0.2, -0.15) is 0 Å². The quantitative estimate of drug-likeness (QED) is 0.373. The molecule has 0 saturated carbocycles. The van der Waals surface area contributed by atoms with Gasteiger partial charge < -0.3 is 9.47 Å². The van der Waals surface area contributed by atoms with E-state index in [-0.39, 0.29) is 17.3 Å². The van der Waals surface area contributed by atoms with Crippen molar-refractivity contribution in [1.82, 2.24) is 0 Å². The molecule has 2 aromatic carbocycles. The van der Waals surface area contributed by atoms with E-state index in [1.165, 1.54) is 24.3 Å². The number of carbonyl (C=O) groups excluding carboxylic acids is 1. The molecule has 0 aromatic heterocycles. The molecule has 0 fully saturated rings. The average molecular weight is 324 g/mol. The second-order valence-corrected chi connectivity index (χ2v) is 4.92. The van der Waals surface area contributed by atoms with Crippen molar-refractivity contribution in [2.45, 2.75) is 0 Å². The Morgan fingerprint density at radius 1 is 1.21 bits per heavy atom. The van der Waals surface area contributed by atoms with Gasteiger partial charge in [0.15, 0.2) is 5.70 Å². The fourth-order valence-electron chi connectivity index (χ4n) is 2.15. The fourth-order valence-corrected chi connectivity index (χ4v) is 2.15. The number of ether oxygens (including phenoxy) is 2. The standard InChI is InChI=1S/C17H12N2O5/c1-23-14-4-2-3-11(9-14)10-15-17(20)24-16(18-15)12-5-7-13(8-6-12)19(21)22/h2-10H,1H3. The number of rotatable bonds is 4. The molecule has 0 aliphatic carbocycles. The number of cyclic esters (lactones) is 1. The van der Waals surface area contributed by atoms with Gasteiger partial charge in [0.1, 0.15) is 5.75 Å². The topological polar surface area (TPSA) is 91.0 Å². The van der Waals surface area contributed by atoms with Crippen LogP contribution in [0.5, 0.6) is 5.75 Å². The van der Waals surface area contributed by atoms with Crippen molar-refractivity contribution in [3.8, 4) is 5.75 Å². The molecule has 0 radical (unpaired) electrons. The first kappa shape index (κ1) is 15.4. The third-order valence-electron chi connectivity index (χ3n) is 3.34. The normalized spacial score (nSPS) is 15.1. The summed E-state index contributed by atoms with van der Waals surface area (Å²) in [7, 11) is 1.56. The molecular weight excluding hydrogens is 312 g/mol. The summed E-state index contributed by atoms with van der Waals surface area (Å²) >= 11 is 0. The lowest BCUT2D eigenvalue weighted by Crippen LogP contribution is -2.05. The second kappa shape index (κ2) is 6.33. The number of aliphatic imine (C=N–C) groups is 1. The van der Waals surface area contributed by atoms with Crippen molar-refractivity contribution in [2.75, 3.05) is 7.11 Å². The lowest BCUT2D eigenvalue weighted by atomic mass is 10.2. The number of nitrogens with zero attached hydrogens (tertiary/aromatic N) is 2. The number of non-ortho nitro benzene ring substituents is 1. The van der Waals surface area contributed by atoms with Crippen LogP contribution in [0.15, 0.2) is 59.2 Å². The van der Waals surface area contributed by atoms with Gasteiger partial charge in [0, 0.05) is 17.7 Å². The SMILES string of the molecule is COc1cccc(C=C2N=C(c3ccc([N+](=O)[O-])cc3)OC2=O)c1. The molecule has 2 aromatic rings. The Labute approximate surface area is 137 Å². The van der Waals surface area contributed by atoms with Crippen LogP contribution in [0.2, 0.25) is 0 Å². The minimum absolute atomic E-state index is 0.0455. The zero-order chi connectivity index (χ0) is 17.1. The van der Waals surface area contributed by atoms with Gasteiger partial charge in [0.05, 0.1) is 12.0 Å². The summed E-state index contributed by atoms with van der Waals surface area (Å²) in [5.41, 5.74) is 1.34. The molecule has 0 bridgehead atoms. The Morgan fingerprint density at radius 3 is 2.62 bits per heavy atom. The molecule has 24 heavy (non-hydrogen) atoms. The van der Waals surface area contributed by atoms with Crippen LogP contribution in [-0.2, 0) is 9.53 Å². The summed E-state index contributed by atoms with van der Waals surface area (Å²) in [5.74, 6) is 0.200. The zero-order valence-corrected chi connectivity index (χ0v) is 12.6. The Balaban J connectivity index is 1.89. The van der Waals surface area contributed by atoms with E-state index in [4.69, 9.17) is 9.47 Å². The van der Waals surface area contributed by atoms with Crippen molar-refractivity contribution in [2.24, 2.45) is 4.99 Å². The molecule has 0 spiro atoms. The molecule has 0 atom stereocenters. The largest absolute Gasteiger partial charge is 0.497 e. The highest BCUT2D eigenvalue weighted by molar-refractivity contribution is 6.12. The Morgan fingerprint density at radius 2 is 1.96 bits per heavy atom. The number of methoxy groups -OCH3 is 1. The van der Waals surface area contributed by atoms with Crippen molar-refractivity contribution >= 4 is 23.6 Å². The third kappa shape index (κ3) is 3.14. The maximum absolute atomic E-state index is 11.9. The van der Waals surface area contributed by atoms with E-state index in [2.05, 4.69) is 4.99 Å². The van der Waals surface area contributed by atoms with Crippen LogP contribution in [0, 0.1) is 10.1 Å². The highest BCUT2D eigenvalue weighted by Gasteiger charge is 2.24. The summed E-state index contributed by atoms with van der Waals surface area (Å²) in [6.45, 7) is 0. The number of carbonyl (C=O) groups is 1. The summed E-state index contributed by atoms with van der Waals surface area (Å²) in [6.07, 6.45) is 1.59. The molecule has 0 N–H and O–H groups in total. The molecule has 0 unspecified atom stereocenters. The summed E-state index contributed by atoms with van der Waals surface area (Å²) in [6, 6.07) is 12.8.